The van der Waals surface area contributed by atoms with Gasteiger partial charge in [-0.2, -0.15) is 0 Å². The van der Waals surface area contributed by atoms with Gasteiger partial charge in [-0.3, -0.25) is 4.57 Å². The molecule has 0 aliphatic rings. The molecule has 0 spiro atoms. The highest BCUT2D eigenvalue weighted by atomic mass is 16.3. The van der Waals surface area contributed by atoms with Crippen molar-refractivity contribution in [2.45, 2.75) is 6.04 Å². The van der Waals surface area contributed by atoms with Crippen molar-refractivity contribution in [2.24, 2.45) is 0 Å². The highest BCUT2D eigenvalue weighted by Crippen LogP contribution is 2.36. The molecule has 0 unspecified atom stereocenters. The van der Waals surface area contributed by atoms with Gasteiger partial charge in [0.1, 0.15) is 0 Å². The molecular formula is C21H25N3O2. The standard InChI is InChI=1S/C21H25N3O2/c1-22(2)17-9-5-15(6-10-17)21(24-19(25)13-14-20(24)26)16-7-11-18(12-8-16)23(3)4/h5-14,21,25-26H,1-4H3. The Kier molecular flexibility index (Phi) is 4.80. The third-order valence-electron chi connectivity index (χ3n) is 4.58. The van der Waals surface area contributed by atoms with Gasteiger partial charge in [-0.25, -0.2) is 0 Å². The van der Waals surface area contributed by atoms with Crippen molar-refractivity contribution >= 4 is 11.4 Å². The minimum atomic E-state index is -0.322. The molecule has 0 radical (unpaired) electrons. The zero-order valence-electron chi connectivity index (χ0n) is 15.6. The van der Waals surface area contributed by atoms with E-state index in [1.54, 1.807) is 0 Å². The van der Waals surface area contributed by atoms with Gasteiger partial charge in [0, 0.05) is 51.7 Å². The molecule has 0 atom stereocenters. The number of rotatable bonds is 5. The van der Waals surface area contributed by atoms with Crippen molar-refractivity contribution < 1.29 is 10.2 Å². The molecule has 26 heavy (non-hydrogen) atoms. The highest BCUT2D eigenvalue weighted by molar-refractivity contribution is 5.51. The summed E-state index contributed by atoms with van der Waals surface area (Å²) in [5.41, 5.74) is 4.15. The van der Waals surface area contributed by atoms with E-state index in [1.165, 1.54) is 16.7 Å². The topological polar surface area (TPSA) is 51.9 Å². The van der Waals surface area contributed by atoms with Gasteiger partial charge in [-0.1, -0.05) is 24.3 Å². The summed E-state index contributed by atoms with van der Waals surface area (Å²) in [6.45, 7) is 0. The first kappa shape index (κ1) is 17.7. The van der Waals surface area contributed by atoms with Crippen LogP contribution in [0.25, 0.3) is 0 Å². The van der Waals surface area contributed by atoms with E-state index in [1.807, 2.05) is 86.5 Å². The van der Waals surface area contributed by atoms with E-state index in [2.05, 4.69) is 0 Å². The van der Waals surface area contributed by atoms with Crippen molar-refractivity contribution in [3.05, 3.63) is 71.8 Å². The first-order valence-corrected chi connectivity index (χ1v) is 8.52. The lowest BCUT2D eigenvalue weighted by Gasteiger charge is -2.23. The van der Waals surface area contributed by atoms with Gasteiger partial charge in [0.2, 0.25) is 0 Å². The van der Waals surface area contributed by atoms with Crippen molar-refractivity contribution in [1.29, 1.82) is 0 Å². The lowest BCUT2D eigenvalue weighted by Crippen LogP contribution is -2.13. The number of aromatic nitrogens is 1. The number of aromatic hydroxyl groups is 2. The maximum atomic E-state index is 10.3. The van der Waals surface area contributed by atoms with Crippen LogP contribution in [0.4, 0.5) is 11.4 Å². The summed E-state index contributed by atoms with van der Waals surface area (Å²) in [7, 11) is 7.98. The number of hydrogen-bond acceptors (Lipinski definition) is 4. The monoisotopic (exact) mass is 351 g/mol. The predicted octanol–water partition coefficient (Wildman–Crippen LogP) is 3.67. The molecule has 0 saturated heterocycles. The fraction of sp³-hybridized carbons (Fsp3) is 0.238. The fourth-order valence-corrected chi connectivity index (χ4v) is 3.09. The Balaban J connectivity index is 2.10. The second-order valence-electron chi connectivity index (χ2n) is 6.79. The summed E-state index contributed by atoms with van der Waals surface area (Å²) in [5.74, 6) is 0.0572. The Hall–Kier alpha value is -3.08. The Bertz CT molecular complexity index is 794. The van der Waals surface area contributed by atoms with E-state index in [-0.39, 0.29) is 17.8 Å². The summed E-state index contributed by atoms with van der Waals surface area (Å²) >= 11 is 0. The molecule has 2 aromatic carbocycles. The predicted molar refractivity (Wildman–Crippen MR) is 107 cm³/mol. The molecule has 0 amide bonds. The smallest absolute Gasteiger partial charge is 0.194 e. The van der Waals surface area contributed by atoms with Gasteiger partial charge >= 0.3 is 0 Å². The first-order valence-electron chi connectivity index (χ1n) is 8.52. The normalized spacial score (nSPS) is 11.0. The average molecular weight is 351 g/mol. The largest absolute Gasteiger partial charge is 0.494 e. The molecule has 0 bridgehead atoms. The molecule has 2 N–H and O–H groups in total. The summed E-state index contributed by atoms with van der Waals surface area (Å²) < 4.78 is 1.54. The molecule has 5 nitrogen and oxygen atoms in total. The van der Waals surface area contributed by atoms with Gasteiger partial charge in [0.05, 0.1) is 6.04 Å². The van der Waals surface area contributed by atoms with Crippen LogP contribution < -0.4 is 9.80 Å². The van der Waals surface area contributed by atoms with Gasteiger partial charge < -0.3 is 20.0 Å². The van der Waals surface area contributed by atoms with Crippen LogP contribution in [0.2, 0.25) is 0 Å². The van der Waals surface area contributed by atoms with Crippen molar-refractivity contribution in [1.82, 2.24) is 4.57 Å². The van der Waals surface area contributed by atoms with E-state index in [4.69, 9.17) is 0 Å². The molecule has 3 aromatic rings. The van der Waals surface area contributed by atoms with Gasteiger partial charge in [0.25, 0.3) is 0 Å². The van der Waals surface area contributed by atoms with Gasteiger partial charge in [0.15, 0.2) is 11.8 Å². The highest BCUT2D eigenvalue weighted by Gasteiger charge is 2.22. The van der Waals surface area contributed by atoms with Crippen LogP contribution in [0.15, 0.2) is 60.7 Å². The zero-order valence-corrected chi connectivity index (χ0v) is 15.6. The molecule has 0 saturated carbocycles. The molecule has 1 heterocycles. The Morgan fingerprint density at radius 3 is 1.27 bits per heavy atom. The first-order chi connectivity index (χ1) is 12.4. The van der Waals surface area contributed by atoms with E-state index in [0.717, 1.165) is 22.5 Å². The molecule has 3 rings (SSSR count). The quantitative estimate of drug-likeness (QED) is 0.736. The number of benzene rings is 2. The molecule has 0 aliphatic heterocycles. The Morgan fingerprint density at radius 2 is 0.962 bits per heavy atom. The van der Waals surface area contributed by atoms with Crippen molar-refractivity contribution in [3.63, 3.8) is 0 Å². The third kappa shape index (κ3) is 3.33. The fourth-order valence-electron chi connectivity index (χ4n) is 3.09. The average Bonchev–Trinajstić information content (AvgIpc) is 2.95. The molecule has 1 aromatic heterocycles. The molecule has 0 fully saturated rings. The minimum Gasteiger partial charge on any atom is -0.494 e. The summed E-state index contributed by atoms with van der Waals surface area (Å²) in [6.07, 6.45) is 0. The Morgan fingerprint density at radius 1 is 0.615 bits per heavy atom. The second-order valence-corrected chi connectivity index (χ2v) is 6.79. The summed E-state index contributed by atoms with van der Waals surface area (Å²) in [5, 5.41) is 20.6. The van der Waals surface area contributed by atoms with Crippen LogP contribution in [-0.4, -0.2) is 43.0 Å². The van der Waals surface area contributed by atoms with Gasteiger partial charge in [-0.05, 0) is 35.4 Å². The number of hydrogen-bond donors (Lipinski definition) is 2. The lowest BCUT2D eigenvalue weighted by atomic mass is 9.97. The Labute approximate surface area is 154 Å². The molecule has 136 valence electrons. The molecule has 5 heteroatoms. The van der Waals surface area contributed by atoms with E-state index in [9.17, 15) is 10.2 Å². The number of nitrogens with zero attached hydrogens (tertiary/aromatic N) is 3. The SMILES string of the molecule is CN(C)c1ccc(C(c2ccc(N(C)C)cc2)n2c(O)ccc2O)cc1. The van der Waals surface area contributed by atoms with E-state index in [0.29, 0.717) is 0 Å². The van der Waals surface area contributed by atoms with Crippen LogP contribution in [0.1, 0.15) is 17.2 Å². The summed E-state index contributed by atoms with van der Waals surface area (Å²) in [6, 6.07) is 18.9. The van der Waals surface area contributed by atoms with E-state index >= 15 is 0 Å². The maximum Gasteiger partial charge on any atom is 0.194 e. The maximum absolute atomic E-state index is 10.3. The lowest BCUT2D eigenvalue weighted by molar-refractivity contribution is 0.363. The van der Waals surface area contributed by atoms with E-state index < -0.39 is 0 Å². The van der Waals surface area contributed by atoms with Crippen LogP contribution in [0.3, 0.4) is 0 Å². The minimum absolute atomic E-state index is 0.0286. The van der Waals surface area contributed by atoms with Gasteiger partial charge in [-0.15, -0.1) is 0 Å². The van der Waals surface area contributed by atoms with Crippen LogP contribution in [-0.2, 0) is 0 Å². The van der Waals surface area contributed by atoms with Crippen LogP contribution in [0.5, 0.6) is 11.8 Å². The third-order valence-corrected chi connectivity index (χ3v) is 4.58. The summed E-state index contributed by atoms with van der Waals surface area (Å²) in [4.78, 5) is 4.07. The molecular weight excluding hydrogens is 326 g/mol. The van der Waals surface area contributed by atoms with Crippen molar-refractivity contribution in [2.75, 3.05) is 38.0 Å². The second kappa shape index (κ2) is 7.04. The van der Waals surface area contributed by atoms with Crippen LogP contribution in [0, 0.1) is 0 Å². The van der Waals surface area contributed by atoms with Crippen LogP contribution >= 0.6 is 0 Å². The zero-order chi connectivity index (χ0) is 18.8. The van der Waals surface area contributed by atoms with Crippen molar-refractivity contribution in [3.8, 4) is 11.8 Å². The number of anilines is 2. The molecule has 0 aliphatic carbocycles.